The van der Waals surface area contributed by atoms with Gasteiger partial charge >= 0.3 is 0 Å². The Bertz CT molecular complexity index is 933. The molecule has 0 atom stereocenters. The van der Waals surface area contributed by atoms with Gasteiger partial charge in [-0.25, -0.2) is 13.5 Å². The van der Waals surface area contributed by atoms with Crippen molar-refractivity contribution in [3.8, 4) is 0 Å². The van der Waals surface area contributed by atoms with E-state index in [-0.39, 0.29) is 10.1 Å². The Morgan fingerprint density at radius 3 is 2.65 bits per heavy atom. The molecule has 0 aliphatic carbocycles. The van der Waals surface area contributed by atoms with Crippen molar-refractivity contribution in [2.75, 3.05) is 0 Å². The van der Waals surface area contributed by atoms with E-state index in [4.69, 9.17) is 4.42 Å². The Labute approximate surface area is 114 Å². The van der Waals surface area contributed by atoms with Gasteiger partial charge in [-0.15, -0.1) is 0 Å². The molecule has 0 amide bonds. The molecule has 102 valence electrons. The number of aromatic amines is 1. The van der Waals surface area contributed by atoms with Crippen LogP contribution in [0, 0.1) is 6.92 Å². The highest BCUT2D eigenvalue weighted by molar-refractivity contribution is 7.91. The number of H-pyrrole nitrogens is 1. The summed E-state index contributed by atoms with van der Waals surface area (Å²) in [5, 5.41) is 5.87. The lowest BCUT2D eigenvalue weighted by molar-refractivity contribution is 0.479. The fraction of sp³-hybridized carbons (Fsp3) is 0.0769. The zero-order valence-corrected chi connectivity index (χ0v) is 11.3. The van der Waals surface area contributed by atoms with Crippen molar-refractivity contribution in [1.82, 2.24) is 10.2 Å². The van der Waals surface area contributed by atoms with Crippen LogP contribution in [0.15, 0.2) is 55.7 Å². The van der Waals surface area contributed by atoms with Crippen molar-refractivity contribution in [3.05, 3.63) is 52.3 Å². The zero-order valence-electron chi connectivity index (χ0n) is 10.5. The van der Waals surface area contributed by atoms with Gasteiger partial charge in [-0.2, -0.15) is 5.10 Å². The van der Waals surface area contributed by atoms with Gasteiger partial charge in [-0.05, 0) is 25.1 Å². The van der Waals surface area contributed by atoms with Gasteiger partial charge in [0.15, 0.2) is 5.03 Å². The Balaban J connectivity index is 2.18. The van der Waals surface area contributed by atoms with Crippen LogP contribution in [0.3, 0.4) is 0 Å². The second-order valence-corrected chi connectivity index (χ2v) is 6.20. The molecule has 6 nitrogen and oxygen atoms in total. The van der Waals surface area contributed by atoms with Crippen LogP contribution in [-0.4, -0.2) is 18.6 Å². The third-order valence-electron chi connectivity index (χ3n) is 2.84. The van der Waals surface area contributed by atoms with E-state index >= 15 is 0 Å². The summed E-state index contributed by atoms with van der Waals surface area (Å²) in [5.74, 6) is 0. The van der Waals surface area contributed by atoms with E-state index in [2.05, 4.69) is 10.2 Å². The number of aryl methyl sites for hydroxylation is 1. The zero-order chi connectivity index (χ0) is 14.3. The molecule has 2 heterocycles. The largest absolute Gasteiger partial charge is 0.444 e. The highest BCUT2D eigenvalue weighted by Gasteiger charge is 2.24. The maximum atomic E-state index is 12.3. The number of aromatic nitrogens is 2. The van der Waals surface area contributed by atoms with Gasteiger partial charge in [0.05, 0.1) is 0 Å². The van der Waals surface area contributed by atoms with E-state index in [1.807, 2.05) is 19.1 Å². The van der Waals surface area contributed by atoms with Gasteiger partial charge in [0.25, 0.3) is 15.4 Å². The minimum absolute atomic E-state index is 0.197. The Morgan fingerprint density at radius 1 is 1.15 bits per heavy atom. The molecule has 1 aromatic carbocycles. The number of hydrogen-bond acceptors (Lipinski definition) is 5. The van der Waals surface area contributed by atoms with Gasteiger partial charge in [0.2, 0.25) is 5.09 Å². The summed E-state index contributed by atoms with van der Waals surface area (Å²) in [6, 6.07) is 9.08. The van der Waals surface area contributed by atoms with Crippen molar-refractivity contribution < 1.29 is 12.8 Å². The van der Waals surface area contributed by atoms with E-state index in [0.717, 1.165) is 17.7 Å². The Kier molecular flexibility index (Phi) is 2.72. The van der Waals surface area contributed by atoms with Crippen molar-refractivity contribution in [3.63, 3.8) is 0 Å². The molecule has 0 aliphatic heterocycles. The minimum Gasteiger partial charge on any atom is -0.444 e. The van der Waals surface area contributed by atoms with Crippen molar-refractivity contribution in [2.45, 2.75) is 17.0 Å². The van der Waals surface area contributed by atoms with Gasteiger partial charge in [0, 0.05) is 17.5 Å². The Morgan fingerprint density at radius 2 is 1.95 bits per heavy atom. The second kappa shape index (κ2) is 4.31. The lowest BCUT2D eigenvalue weighted by Gasteiger charge is -1.97. The van der Waals surface area contributed by atoms with Crippen LogP contribution >= 0.6 is 0 Å². The topological polar surface area (TPSA) is 93.0 Å². The normalized spacial score (nSPS) is 11.8. The average Bonchev–Trinajstić information content (AvgIpc) is 2.83. The van der Waals surface area contributed by atoms with Crippen LogP contribution in [-0.2, 0) is 9.84 Å². The molecule has 1 N–H and O–H groups in total. The number of furan rings is 1. The minimum atomic E-state index is -3.88. The summed E-state index contributed by atoms with van der Waals surface area (Å²) < 4.78 is 30.0. The summed E-state index contributed by atoms with van der Waals surface area (Å²) >= 11 is 0. The van der Waals surface area contributed by atoms with E-state index < -0.39 is 15.4 Å². The smallest absolute Gasteiger partial charge is 0.264 e. The monoisotopic (exact) mass is 290 g/mol. The highest BCUT2D eigenvalue weighted by atomic mass is 32.2. The predicted octanol–water partition coefficient (Wildman–Crippen LogP) is 1.66. The summed E-state index contributed by atoms with van der Waals surface area (Å²) in [6.07, 6.45) is 0. The molecule has 2 aromatic heterocycles. The summed E-state index contributed by atoms with van der Waals surface area (Å²) in [4.78, 5) is 10.9. The molecule has 0 fully saturated rings. The lowest BCUT2D eigenvalue weighted by atomic mass is 10.2. The molecule has 0 aliphatic rings. The quantitative estimate of drug-likeness (QED) is 0.774. The fourth-order valence-corrected chi connectivity index (χ4v) is 2.96. The maximum Gasteiger partial charge on any atom is 0.264 e. The van der Waals surface area contributed by atoms with E-state index in [1.54, 1.807) is 6.07 Å². The summed E-state index contributed by atoms with van der Waals surface area (Å²) in [7, 11) is -3.88. The predicted molar refractivity (Wildman–Crippen MR) is 71.3 cm³/mol. The molecule has 0 spiro atoms. The number of sulfone groups is 1. The standard InChI is InChI=1S/C13H10N2O4S/c1-8-2-3-10-9(6-8)7-13(19-10)20(17,18)12-5-4-11(16)14-15-12/h2-7H,1H3,(H,14,16). The van der Waals surface area contributed by atoms with Crippen LogP contribution in [0.2, 0.25) is 0 Å². The van der Waals surface area contributed by atoms with Gasteiger partial charge in [-0.1, -0.05) is 11.6 Å². The number of nitrogens with zero attached hydrogens (tertiary/aromatic N) is 1. The lowest BCUT2D eigenvalue weighted by Crippen LogP contribution is -2.11. The number of hydrogen-bond donors (Lipinski definition) is 1. The van der Waals surface area contributed by atoms with Crippen molar-refractivity contribution >= 4 is 20.8 Å². The van der Waals surface area contributed by atoms with Gasteiger partial charge < -0.3 is 4.42 Å². The number of fused-ring (bicyclic) bond motifs is 1. The van der Waals surface area contributed by atoms with Crippen LogP contribution in [0.1, 0.15) is 5.56 Å². The molecule has 7 heteroatoms. The highest BCUT2D eigenvalue weighted by Crippen LogP contribution is 2.26. The SMILES string of the molecule is Cc1ccc2oc(S(=O)(=O)c3ccc(=O)[nH]n3)cc2c1. The number of nitrogens with one attached hydrogen (secondary N) is 1. The third-order valence-corrected chi connectivity index (χ3v) is 4.35. The molecule has 0 saturated carbocycles. The van der Waals surface area contributed by atoms with Crippen LogP contribution in [0.4, 0.5) is 0 Å². The molecule has 0 unspecified atom stereocenters. The number of benzene rings is 1. The van der Waals surface area contributed by atoms with E-state index in [9.17, 15) is 13.2 Å². The van der Waals surface area contributed by atoms with E-state index in [1.165, 1.54) is 6.07 Å². The van der Waals surface area contributed by atoms with Crippen molar-refractivity contribution in [1.29, 1.82) is 0 Å². The maximum absolute atomic E-state index is 12.3. The molecule has 0 saturated heterocycles. The molecule has 3 aromatic rings. The molecular formula is C13H10N2O4S. The third kappa shape index (κ3) is 2.01. The molecular weight excluding hydrogens is 280 g/mol. The van der Waals surface area contributed by atoms with Crippen molar-refractivity contribution in [2.24, 2.45) is 0 Å². The average molecular weight is 290 g/mol. The van der Waals surface area contributed by atoms with Crippen LogP contribution < -0.4 is 5.56 Å². The first-order valence-electron chi connectivity index (χ1n) is 5.78. The van der Waals surface area contributed by atoms with Gasteiger partial charge in [0.1, 0.15) is 5.58 Å². The molecule has 0 radical (unpaired) electrons. The number of rotatable bonds is 2. The van der Waals surface area contributed by atoms with E-state index in [0.29, 0.717) is 11.0 Å². The molecule has 0 bridgehead atoms. The summed E-state index contributed by atoms with van der Waals surface area (Å²) in [6.45, 7) is 1.91. The first-order chi connectivity index (χ1) is 9.46. The second-order valence-electron chi connectivity index (χ2n) is 4.37. The summed E-state index contributed by atoms with van der Waals surface area (Å²) in [5.41, 5.74) is 1.02. The fourth-order valence-electron chi connectivity index (χ4n) is 1.86. The first kappa shape index (κ1) is 12.6. The Hall–Kier alpha value is -2.41. The van der Waals surface area contributed by atoms with Crippen LogP contribution in [0.25, 0.3) is 11.0 Å². The molecule has 3 rings (SSSR count). The van der Waals surface area contributed by atoms with Crippen LogP contribution in [0.5, 0.6) is 0 Å². The molecule has 20 heavy (non-hydrogen) atoms. The van der Waals surface area contributed by atoms with Gasteiger partial charge in [-0.3, -0.25) is 4.79 Å². The first-order valence-corrected chi connectivity index (χ1v) is 7.26.